The molecule has 0 fully saturated rings. The Balaban J connectivity index is 1.76. The van der Waals surface area contributed by atoms with Gasteiger partial charge < -0.3 is 19.5 Å². The van der Waals surface area contributed by atoms with Crippen LogP contribution in [0.15, 0.2) is 54.6 Å². The van der Waals surface area contributed by atoms with Crippen LogP contribution in [0.2, 0.25) is 0 Å². The van der Waals surface area contributed by atoms with Gasteiger partial charge in [0, 0.05) is 0 Å². The number of amides is 1. The van der Waals surface area contributed by atoms with E-state index in [9.17, 15) is 4.79 Å². The zero-order valence-electron chi connectivity index (χ0n) is 15.0. The normalized spacial score (nSPS) is 11.0. The standard InChI is InChI=1S/C20H25NO4/c1-20(2,15-24-13-16-9-5-4-6-10-16)21-19(22)14-25-18-12-8-7-11-17(18)23-3/h4-12H,13-15H2,1-3H3,(H,21,22). The molecule has 1 amide bonds. The smallest absolute Gasteiger partial charge is 0.258 e. The molecule has 2 aromatic rings. The van der Waals surface area contributed by atoms with Gasteiger partial charge in [-0.3, -0.25) is 4.79 Å². The second-order valence-corrected chi connectivity index (χ2v) is 6.35. The summed E-state index contributed by atoms with van der Waals surface area (Å²) in [7, 11) is 1.56. The Morgan fingerprint density at radius 3 is 2.32 bits per heavy atom. The first-order valence-electron chi connectivity index (χ1n) is 8.19. The van der Waals surface area contributed by atoms with Gasteiger partial charge in [0.05, 0.1) is 25.9 Å². The number of hydrogen-bond donors (Lipinski definition) is 1. The molecule has 25 heavy (non-hydrogen) atoms. The van der Waals surface area contributed by atoms with Gasteiger partial charge >= 0.3 is 0 Å². The number of ether oxygens (including phenoxy) is 3. The summed E-state index contributed by atoms with van der Waals surface area (Å²) in [4.78, 5) is 12.1. The molecule has 5 heteroatoms. The number of rotatable bonds is 9. The third-order valence-corrected chi connectivity index (χ3v) is 3.48. The SMILES string of the molecule is COc1ccccc1OCC(=O)NC(C)(C)COCc1ccccc1. The summed E-state index contributed by atoms with van der Waals surface area (Å²) in [5, 5.41) is 2.92. The first kappa shape index (κ1) is 18.8. The van der Waals surface area contributed by atoms with E-state index in [0.29, 0.717) is 24.7 Å². The summed E-state index contributed by atoms with van der Waals surface area (Å²) >= 11 is 0. The summed E-state index contributed by atoms with van der Waals surface area (Å²) in [5.41, 5.74) is 0.611. The van der Waals surface area contributed by atoms with Gasteiger partial charge in [-0.15, -0.1) is 0 Å². The van der Waals surface area contributed by atoms with Crippen molar-refractivity contribution in [1.29, 1.82) is 0 Å². The Bertz CT molecular complexity index is 670. The van der Waals surface area contributed by atoms with Crippen LogP contribution in [0.5, 0.6) is 11.5 Å². The molecule has 0 spiro atoms. The Morgan fingerprint density at radius 2 is 1.64 bits per heavy atom. The van der Waals surface area contributed by atoms with Gasteiger partial charge in [0.15, 0.2) is 18.1 Å². The highest BCUT2D eigenvalue weighted by atomic mass is 16.5. The van der Waals surface area contributed by atoms with Crippen LogP contribution in [0.1, 0.15) is 19.4 Å². The topological polar surface area (TPSA) is 56.8 Å². The molecule has 0 radical (unpaired) electrons. The van der Waals surface area contributed by atoms with Crippen molar-refractivity contribution in [2.24, 2.45) is 0 Å². The molecule has 0 unspecified atom stereocenters. The van der Waals surface area contributed by atoms with E-state index in [-0.39, 0.29) is 12.5 Å². The van der Waals surface area contributed by atoms with Gasteiger partial charge in [0.25, 0.3) is 5.91 Å². The number of carbonyl (C=O) groups is 1. The van der Waals surface area contributed by atoms with E-state index in [1.165, 1.54) is 0 Å². The lowest BCUT2D eigenvalue weighted by Crippen LogP contribution is -2.48. The highest BCUT2D eigenvalue weighted by Crippen LogP contribution is 2.25. The third-order valence-electron chi connectivity index (χ3n) is 3.48. The maximum absolute atomic E-state index is 12.1. The Hall–Kier alpha value is -2.53. The molecule has 0 aliphatic carbocycles. The van der Waals surface area contributed by atoms with E-state index < -0.39 is 5.54 Å². The number of nitrogens with one attached hydrogen (secondary N) is 1. The minimum atomic E-state index is -0.490. The van der Waals surface area contributed by atoms with Crippen molar-refractivity contribution in [2.75, 3.05) is 20.3 Å². The van der Waals surface area contributed by atoms with Crippen LogP contribution in [0.3, 0.4) is 0 Å². The Kier molecular flexibility index (Phi) is 6.83. The Labute approximate surface area is 148 Å². The van der Waals surface area contributed by atoms with Crippen molar-refractivity contribution in [3.63, 3.8) is 0 Å². The number of carbonyl (C=O) groups excluding carboxylic acids is 1. The minimum Gasteiger partial charge on any atom is -0.493 e. The molecule has 0 atom stereocenters. The van der Waals surface area contributed by atoms with Crippen LogP contribution in [0, 0.1) is 0 Å². The van der Waals surface area contributed by atoms with Crippen molar-refractivity contribution >= 4 is 5.91 Å². The third kappa shape index (κ3) is 6.47. The molecule has 0 heterocycles. The molecule has 5 nitrogen and oxygen atoms in total. The van der Waals surface area contributed by atoms with Crippen LogP contribution in [0.25, 0.3) is 0 Å². The zero-order valence-corrected chi connectivity index (χ0v) is 15.0. The summed E-state index contributed by atoms with van der Waals surface area (Å²) in [5.74, 6) is 0.929. The number of para-hydroxylation sites is 2. The van der Waals surface area contributed by atoms with E-state index in [4.69, 9.17) is 14.2 Å². The predicted molar refractivity (Wildman–Crippen MR) is 96.8 cm³/mol. The van der Waals surface area contributed by atoms with Crippen LogP contribution in [-0.2, 0) is 16.1 Å². The van der Waals surface area contributed by atoms with E-state index in [1.807, 2.05) is 56.3 Å². The van der Waals surface area contributed by atoms with Gasteiger partial charge in [-0.25, -0.2) is 0 Å². The molecule has 134 valence electrons. The summed E-state index contributed by atoms with van der Waals surface area (Å²) in [6, 6.07) is 17.2. The van der Waals surface area contributed by atoms with Gasteiger partial charge in [-0.2, -0.15) is 0 Å². The number of methoxy groups -OCH3 is 1. The van der Waals surface area contributed by atoms with Gasteiger partial charge in [0.2, 0.25) is 0 Å². The summed E-state index contributed by atoms with van der Waals surface area (Å²) in [6.07, 6.45) is 0. The molecular weight excluding hydrogens is 318 g/mol. The second kappa shape index (κ2) is 9.08. The van der Waals surface area contributed by atoms with Crippen molar-refractivity contribution < 1.29 is 19.0 Å². The average Bonchev–Trinajstić information content (AvgIpc) is 2.60. The van der Waals surface area contributed by atoms with Gasteiger partial charge in [-0.1, -0.05) is 42.5 Å². The van der Waals surface area contributed by atoms with Crippen molar-refractivity contribution in [3.8, 4) is 11.5 Å². The van der Waals surface area contributed by atoms with Crippen LogP contribution in [0.4, 0.5) is 0 Å². The molecule has 2 aromatic carbocycles. The minimum absolute atomic E-state index is 0.0809. The molecule has 0 aromatic heterocycles. The molecule has 0 aliphatic rings. The lowest BCUT2D eigenvalue weighted by atomic mass is 10.1. The fourth-order valence-corrected chi connectivity index (χ4v) is 2.33. The largest absolute Gasteiger partial charge is 0.493 e. The van der Waals surface area contributed by atoms with E-state index in [0.717, 1.165) is 5.56 Å². The van der Waals surface area contributed by atoms with Crippen molar-refractivity contribution in [1.82, 2.24) is 5.32 Å². The Morgan fingerprint density at radius 1 is 1.00 bits per heavy atom. The van der Waals surface area contributed by atoms with E-state index in [1.54, 1.807) is 19.2 Å². The first-order valence-corrected chi connectivity index (χ1v) is 8.19. The molecule has 0 bridgehead atoms. The predicted octanol–water partition coefficient (Wildman–Crippen LogP) is 3.19. The average molecular weight is 343 g/mol. The van der Waals surface area contributed by atoms with Crippen molar-refractivity contribution in [3.05, 3.63) is 60.2 Å². The molecular formula is C20H25NO4. The highest BCUT2D eigenvalue weighted by molar-refractivity contribution is 5.78. The molecule has 0 saturated heterocycles. The van der Waals surface area contributed by atoms with E-state index in [2.05, 4.69) is 5.32 Å². The summed E-state index contributed by atoms with van der Waals surface area (Å²) in [6.45, 7) is 4.67. The maximum atomic E-state index is 12.1. The number of benzene rings is 2. The zero-order chi connectivity index (χ0) is 18.1. The van der Waals surface area contributed by atoms with Crippen LogP contribution in [-0.4, -0.2) is 31.8 Å². The van der Waals surface area contributed by atoms with E-state index >= 15 is 0 Å². The molecule has 0 aliphatic heterocycles. The van der Waals surface area contributed by atoms with Crippen molar-refractivity contribution in [2.45, 2.75) is 26.0 Å². The number of hydrogen-bond acceptors (Lipinski definition) is 4. The molecule has 0 saturated carbocycles. The lowest BCUT2D eigenvalue weighted by molar-refractivity contribution is -0.125. The quantitative estimate of drug-likeness (QED) is 0.760. The fourth-order valence-electron chi connectivity index (χ4n) is 2.33. The fraction of sp³-hybridized carbons (Fsp3) is 0.350. The van der Waals surface area contributed by atoms with Gasteiger partial charge in [-0.05, 0) is 31.5 Å². The second-order valence-electron chi connectivity index (χ2n) is 6.35. The first-order chi connectivity index (χ1) is 12.0. The molecule has 2 rings (SSSR count). The van der Waals surface area contributed by atoms with Crippen LogP contribution < -0.4 is 14.8 Å². The highest BCUT2D eigenvalue weighted by Gasteiger charge is 2.21. The lowest BCUT2D eigenvalue weighted by Gasteiger charge is -2.26. The van der Waals surface area contributed by atoms with Gasteiger partial charge in [0.1, 0.15) is 0 Å². The van der Waals surface area contributed by atoms with Crippen LogP contribution >= 0.6 is 0 Å². The summed E-state index contributed by atoms with van der Waals surface area (Å²) < 4.78 is 16.4. The monoisotopic (exact) mass is 343 g/mol. The maximum Gasteiger partial charge on any atom is 0.258 e. The molecule has 1 N–H and O–H groups in total.